The monoisotopic (exact) mass is 297 g/mol. The lowest BCUT2D eigenvalue weighted by Gasteiger charge is -2.28. The second kappa shape index (κ2) is 6.30. The van der Waals surface area contributed by atoms with E-state index in [1.54, 1.807) is 47.4 Å². The van der Waals surface area contributed by atoms with Gasteiger partial charge in [0.25, 0.3) is 5.91 Å². The summed E-state index contributed by atoms with van der Waals surface area (Å²) < 4.78 is 11.1. The Labute approximate surface area is 128 Å². The number of hydrogen-bond acceptors (Lipinski definition) is 4. The van der Waals surface area contributed by atoms with Crippen molar-refractivity contribution in [1.82, 2.24) is 4.90 Å². The van der Waals surface area contributed by atoms with E-state index in [1.165, 1.54) is 0 Å². The van der Waals surface area contributed by atoms with Gasteiger partial charge in [-0.2, -0.15) is 0 Å². The highest BCUT2D eigenvalue weighted by molar-refractivity contribution is 5.97. The molecule has 2 aromatic carbocycles. The first-order chi connectivity index (χ1) is 10.8. The zero-order chi connectivity index (χ0) is 15.4. The van der Waals surface area contributed by atoms with Crippen molar-refractivity contribution in [2.45, 2.75) is 0 Å². The van der Waals surface area contributed by atoms with E-state index in [9.17, 15) is 9.59 Å². The fourth-order valence-corrected chi connectivity index (χ4v) is 2.29. The van der Waals surface area contributed by atoms with Crippen LogP contribution in [-0.2, 0) is 0 Å². The standard InChI is InChI=1S/C17H15NO4/c19-11-13-5-1-3-7-15(13)21-10-9-18-12-22-16-8-4-2-6-14(16)17(18)20/h1-8,11H,9-10,12H2. The van der Waals surface area contributed by atoms with Gasteiger partial charge >= 0.3 is 0 Å². The quantitative estimate of drug-likeness (QED) is 0.795. The number of carbonyl (C=O) groups is 2. The van der Waals surface area contributed by atoms with Gasteiger partial charge in [0.05, 0.1) is 17.7 Å². The summed E-state index contributed by atoms with van der Waals surface area (Å²) in [6.07, 6.45) is 0.751. The molecular formula is C17H15NO4. The molecule has 0 aliphatic carbocycles. The molecule has 3 rings (SSSR count). The lowest BCUT2D eigenvalue weighted by Crippen LogP contribution is -2.40. The van der Waals surface area contributed by atoms with Gasteiger partial charge < -0.3 is 14.4 Å². The lowest BCUT2D eigenvalue weighted by molar-refractivity contribution is 0.0481. The van der Waals surface area contributed by atoms with Gasteiger partial charge in [0.2, 0.25) is 0 Å². The number of fused-ring (bicyclic) bond motifs is 1. The average Bonchev–Trinajstić information content (AvgIpc) is 2.57. The van der Waals surface area contributed by atoms with Crippen LogP contribution in [0.5, 0.6) is 11.5 Å². The Balaban J connectivity index is 1.61. The van der Waals surface area contributed by atoms with E-state index in [2.05, 4.69) is 0 Å². The Morgan fingerprint density at radius 1 is 1.14 bits per heavy atom. The molecule has 0 saturated carbocycles. The first-order valence-corrected chi connectivity index (χ1v) is 6.97. The van der Waals surface area contributed by atoms with Crippen LogP contribution in [0.1, 0.15) is 20.7 Å². The maximum atomic E-state index is 12.3. The van der Waals surface area contributed by atoms with Crippen molar-refractivity contribution < 1.29 is 19.1 Å². The smallest absolute Gasteiger partial charge is 0.260 e. The van der Waals surface area contributed by atoms with Crippen molar-refractivity contribution in [3.8, 4) is 11.5 Å². The number of amides is 1. The largest absolute Gasteiger partial charge is 0.491 e. The van der Waals surface area contributed by atoms with Crippen molar-refractivity contribution >= 4 is 12.2 Å². The molecule has 0 atom stereocenters. The topological polar surface area (TPSA) is 55.8 Å². The van der Waals surface area contributed by atoms with Crippen molar-refractivity contribution in [1.29, 1.82) is 0 Å². The predicted molar refractivity (Wildman–Crippen MR) is 80.3 cm³/mol. The van der Waals surface area contributed by atoms with Crippen LogP contribution in [0.15, 0.2) is 48.5 Å². The molecule has 1 heterocycles. The Morgan fingerprint density at radius 2 is 1.91 bits per heavy atom. The number of carbonyl (C=O) groups excluding carboxylic acids is 2. The van der Waals surface area contributed by atoms with Gasteiger partial charge in [0.15, 0.2) is 13.0 Å². The zero-order valence-electron chi connectivity index (χ0n) is 11.9. The van der Waals surface area contributed by atoms with Crippen LogP contribution in [-0.4, -0.2) is 37.0 Å². The molecule has 0 N–H and O–H groups in total. The van der Waals surface area contributed by atoms with E-state index in [-0.39, 0.29) is 12.6 Å². The summed E-state index contributed by atoms with van der Waals surface area (Å²) in [4.78, 5) is 24.8. The molecule has 1 aliphatic rings. The molecule has 0 spiro atoms. The van der Waals surface area contributed by atoms with Crippen molar-refractivity contribution in [2.24, 2.45) is 0 Å². The van der Waals surface area contributed by atoms with E-state index < -0.39 is 0 Å². The highest BCUT2D eigenvalue weighted by Gasteiger charge is 2.24. The number of benzene rings is 2. The third-order valence-electron chi connectivity index (χ3n) is 3.45. The van der Waals surface area contributed by atoms with Gasteiger partial charge in [0, 0.05) is 0 Å². The summed E-state index contributed by atoms with van der Waals surface area (Å²) in [7, 11) is 0. The summed E-state index contributed by atoms with van der Waals surface area (Å²) in [5.41, 5.74) is 1.05. The number of nitrogens with zero attached hydrogens (tertiary/aromatic N) is 1. The second-order valence-electron chi connectivity index (χ2n) is 4.84. The van der Waals surface area contributed by atoms with Crippen LogP contribution in [0.25, 0.3) is 0 Å². The Kier molecular flexibility index (Phi) is 4.05. The predicted octanol–water partition coefficient (Wildman–Crippen LogP) is 2.37. The Bertz CT molecular complexity index is 699. The van der Waals surface area contributed by atoms with E-state index in [1.807, 2.05) is 6.07 Å². The van der Waals surface area contributed by atoms with E-state index in [0.29, 0.717) is 35.8 Å². The number of aldehydes is 1. The summed E-state index contributed by atoms with van der Waals surface area (Å²) >= 11 is 0. The first kappa shape index (κ1) is 14.1. The molecule has 5 nitrogen and oxygen atoms in total. The molecule has 2 aromatic rings. The highest BCUT2D eigenvalue weighted by Crippen LogP contribution is 2.24. The third kappa shape index (κ3) is 2.79. The second-order valence-corrected chi connectivity index (χ2v) is 4.84. The molecular weight excluding hydrogens is 282 g/mol. The van der Waals surface area contributed by atoms with Crippen molar-refractivity contribution in [3.63, 3.8) is 0 Å². The number of para-hydroxylation sites is 2. The van der Waals surface area contributed by atoms with Crippen molar-refractivity contribution in [3.05, 3.63) is 59.7 Å². The zero-order valence-corrected chi connectivity index (χ0v) is 11.9. The van der Waals surface area contributed by atoms with Crippen LogP contribution in [0.2, 0.25) is 0 Å². The summed E-state index contributed by atoms with van der Waals surface area (Å²) in [5, 5.41) is 0. The van der Waals surface area contributed by atoms with E-state index >= 15 is 0 Å². The minimum absolute atomic E-state index is 0.0749. The van der Waals surface area contributed by atoms with Crippen LogP contribution in [0, 0.1) is 0 Å². The maximum absolute atomic E-state index is 12.3. The molecule has 0 unspecified atom stereocenters. The SMILES string of the molecule is O=Cc1ccccc1OCCN1COc2ccccc2C1=O. The maximum Gasteiger partial charge on any atom is 0.260 e. The summed E-state index contributed by atoms with van der Waals surface area (Å²) in [6.45, 7) is 0.886. The Hall–Kier alpha value is -2.82. The fourth-order valence-electron chi connectivity index (χ4n) is 2.29. The number of rotatable bonds is 5. The van der Waals surface area contributed by atoms with Crippen LogP contribution >= 0.6 is 0 Å². The molecule has 5 heteroatoms. The average molecular weight is 297 g/mol. The first-order valence-electron chi connectivity index (χ1n) is 6.97. The normalized spacial score (nSPS) is 13.3. The number of hydrogen-bond donors (Lipinski definition) is 0. The lowest BCUT2D eigenvalue weighted by atomic mass is 10.1. The van der Waals surface area contributed by atoms with Gasteiger partial charge in [-0.05, 0) is 24.3 Å². The van der Waals surface area contributed by atoms with E-state index in [4.69, 9.17) is 9.47 Å². The fraction of sp³-hybridized carbons (Fsp3) is 0.176. The van der Waals surface area contributed by atoms with Gasteiger partial charge in [0.1, 0.15) is 18.1 Å². The molecule has 1 aliphatic heterocycles. The molecule has 0 bridgehead atoms. The van der Waals surface area contributed by atoms with Gasteiger partial charge in [-0.3, -0.25) is 9.59 Å². The van der Waals surface area contributed by atoms with Crippen LogP contribution < -0.4 is 9.47 Å². The minimum Gasteiger partial charge on any atom is -0.491 e. The summed E-state index contributed by atoms with van der Waals surface area (Å²) in [5.74, 6) is 1.05. The molecule has 22 heavy (non-hydrogen) atoms. The van der Waals surface area contributed by atoms with Gasteiger partial charge in [-0.1, -0.05) is 24.3 Å². The van der Waals surface area contributed by atoms with Gasteiger partial charge in [-0.15, -0.1) is 0 Å². The molecule has 0 aromatic heterocycles. The highest BCUT2D eigenvalue weighted by atomic mass is 16.5. The van der Waals surface area contributed by atoms with Crippen molar-refractivity contribution in [2.75, 3.05) is 19.9 Å². The third-order valence-corrected chi connectivity index (χ3v) is 3.45. The molecule has 0 saturated heterocycles. The molecule has 112 valence electrons. The van der Waals surface area contributed by atoms with Crippen LogP contribution in [0.4, 0.5) is 0 Å². The Morgan fingerprint density at radius 3 is 2.77 bits per heavy atom. The molecule has 0 fully saturated rings. The molecule has 0 radical (unpaired) electrons. The summed E-state index contributed by atoms with van der Waals surface area (Å²) in [6, 6.07) is 14.2. The number of ether oxygens (including phenoxy) is 2. The minimum atomic E-state index is -0.0749. The van der Waals surface area contributed by atoms with Gasteiger partial charge in [-0.25, -0.2) is 0 Å². The molecule has 1 amide bonds. The van der Waals surface area contributed by atoms with Crippen LogP contribution in [0.3, 0.4) is 0 Å². The van der Waals surface area contributed by atoms with E-state index in [0.717, 1.165) is 6.29 Å².